The minimum Gasteiger partial charge on any atom is -0.314 e. The van der Waals surface area contributed by atoms with E-state index in [2.05, 4.69) is 36.0 Å². The number of nitrogens with one attached hydrogen (secondary N) is 1. The lowest BCUT2D eigenvalue weighted by atomic mass is 10.1. The number of likely N-dealkylation sites (N-methyl/N-ethyl adjacent to an activating group) is 1. The second-order valence-corrected chi connectivity index (χ2v) is 5.76. The smallest absolute Gasteiger partial charge is 0.0218 e. The van der Waals surface area contributed by atoms with Crippen LogP contribution < -0.4 is 5.32 Å². The zero-order chi connectivity index (χ0) is 12.3. The van der Waals surface area contributed by atoms with Crippen molar-refractivity contribution in [1.82, 2.24) is 15.1 Å². The summed E-state index contributed by atoms with van der Waals surface area (Å²) in [5.41, 5.74) is 0. The van der Waals surface area contributed by atoms with Crippen LogP contribution in [0.2, 0.25) is 0 Å². The van der Waals surface area contributed by atoms with Crippen LogP contribution in [-0.2, 0) is 0 Å². The van der Waals surface area contributed by atoms with Crippen LogP contribution in [0.4, 0.5) is 0 Å². The highest BCUT2D eigenvalue weighted by atomic mass is 15.3. The summed E-state index contributed by atoms with van der Waals surface area (Å²) < 4.78 is 0. The predicted octanol–water partition coefficient (Wildman–Crippen LogP) is 1.54. The summed E-state index contributed by atoms with van der Waals surface area (Å²) in [7, 11) is 2.28. The average molecular weight is 239 g/mol. The lowest BCUT2D eigenvalue weighted by molar-refractivity contribution is 0.0635. The number of rotatable bonds is 4. The Morgan fingerprint density at radius 2 is 2.00 bits per heavy atom. The highest BCUT2D eigenvalue weighted by Crippen LogP contribution is 2.26. The Balaban J connectivity index is 1.83. The first-order valence-electron chi connectivity index (χ1n) is 7.42. The molecule has 3 unspecified atom stereocenters. The van der Waals surface area contributed by atoms with Gasteiger partial charge in [0.1, 0.15) is 0 Å². The van der Waals surface area contributed by atoms with Gasteiger partial charge < -0.3 is 10.2 Å². The van der Waals surface area contributed by atoms with Gasteiger partial charge in [-0.2, -0.15) is 0 Å². The lowest BCUT2D eigenvalue weighted by Crippen LogP contribution is -2.54. The summed E-state index contributed by atoms with van der Waals surface area (Å²) in [5, 5.41) is 3.61. The van der Waals surface area contributed by atoms with Crippen LogP contribution in [0.5, 0.6) is 0 Å². The highest BCUT2D eigenvalue weighted by Gasteiger charge is 2.32. The molecule has 1 saturated heterocycles. The maximum absolute atomic E-state index is 3.61. The topological polar surface area (TPSA) is 18.5 Å². The standard InChI is InChI=1S/C14H29N3/c1-4-13-11-17(9-8-16(13)3)14-7-6-12(10-14)15-5-2/h12-15H,4-11H2,1-3H3. The number of piperazine rings is 1. The number of hydrogen-bond acceptors (Lipinski definition) is 3. The Bertz CT molecular complexity index is 232. The molecule has 3 atom stereocenters. The molecule has 0 aromatic heterocycles. The summed E-state index contributed by atoms with van der Waals surface area (Å²) in [5.74, 6) is 0. The van der Waals surface area contributed by atoms with E-state index in [4.69, 9.17) is 0 Å². The van der Waals surface area contributed by atoms with Crippen LogP contribution in [0.3, 0.4) is 0 Å². The van der Waals surface area contributed by atoms with Gasteiger partial charge in [0.05, 0.1) is 0 Å². The van der Waals surface area contributed by atoms with Crippen molar-refractivity contribution in [3.8, 4) is 0 Å². The quantitative estimate of drug-likeness (QED) is 0.803. The van der Waals surface area contributed by atoms with Gasteiger partial charge in [0.2, 0.25) is 0 Å². The second-order valence-electron chi connectivity index (χ2n) is 5.76. The fourth-order valence-electron chi connectivity index (χ4n) is 3.51. The van der Waals surface area contributed by atoms with Gasteiger partial charge in [-0.15, -0.1) is 0 Å². The van der Waals surface area contributed by atoms with Gasteiger partial charge in [-0.3, -0.25) is 4.90 Å². The third-order valence-corrected chi connectivity index (χ3v) is 4.69. The third kappa shape index (κ3) is 3.21. The summed E-state index contributed by atoms with van der Waals surface area (Å²) >= 11 is 0. The lowest BCUT2D eigenvalue weighted by Gasteiger charge is -2.42. The van der Waals surface area contributed by atoms with Crippen LogP contribution >= 0.6 is 0 Å². The van der Waals surface area contributed by atoms with E-state index in [0.717, 1.165) is 24.7 Å². The van der Waals surface area contributed by atoms with Gasteiger partial charge in [-0.25, -0.2) is 0 Å². The van der Waals surface area contributed by atoms with Crippen molar-refractivity contribution in [1.29, 1.82) is 0 Å². The van der Waals surface area contributed by atoms with E-state index in [0.29, 0.717) is 0 Å². The second kappa shape index (κ2) is 6.17. The average Bonchev–Trinajstić information content (AvgIpc) is 2.79. The normalized spacial score (nSPS) is 36.5. The van der Waals surface area contributed by atoms with Crippen LogP contribution in [0.1, 0.15) is 39.5 Å². The van der Waals surface area contributed by atoms with E-state index >= 15 is 0 Å². The molecule has 2 aliphatic rings. The monoisotopic (exact) mass is 239 g/mol. The fraction of sp³-hybridized carbons (Fsp3) is 1.00. The molecule has 1 N–H and O–H groups in total. The van der Waals surface area contributed by atoms with Crippen molar-refractivity contribution in [2.45, 2.75) is 57.7 Å². The summed E-state index contributed by atoms with van der Waals surface area (Å²) in [6.07, 6.45) is 5.43. The van der Waals surface area contributed by atoms with Gasteiger partial charge in [-0.05, 0) is 39.3 Å². The SMILES string of the molecule is CCNC1CCC(N2CCN(C)C(CC)C2)C1. The summed E-state index contributed by atoms with van der Waals surface area (Å²) in [4.78, 5) is 5.29. The minimum atomic E-state index is 0.780. The Hall–Kier alpha value is -0.120. The zero-order valence-corrected chi connectivity index (χ0v) is 11.8. The van der Waals surface area contributed by atoms with E-state index in [1.165, 1.54) is 45.3 Å². The number of hydrogen-bond donors (Lipinski definition) is 1. The molecule has 3 heteroatoms. The first kappa shape index (κ1) is 13.3. The summed E-state index contributed by atoms with van der Waals surface area (Å²) in [6.45, 7) is 9.47. The predicted molar refractivity (Wildman–Crippen MR) is 73.4 cm³/mol. The molecule has 2 fully saturated rings. The van der Waals surface area contributed by atoms with Gasteiger partial charge >= 0.3 is 0 Å². The van der Waals surface area contributed by atoms with Crippen molar-refractivity contribution in [3.05, 3.63) is 0 Å². The van der Waals surface area contributed by atoms with E-state index in [-0.39, 0.29) is 0 Å². The maximum atomic E-state index is 3.61. The highest BCUT2D eigenvalue weighted by molar-refractivity contribution is 4.90. The van der Waals surface area contributed by atoms with E-state index in [1.54, 1.807) is 0 Å². The summed E-state index contributed by atoms with van der Waals surface area (Å²) in [6, 6.07) is 2.41. The van der Waals surface area contributed by atoms with E-state index in [1.807, 2.05) is 0 Å². The van der Waals surface area contributed by atoms with Crippen LogP contribution in [0.15, 0.2) is 0 Å². The van der Waals surface area contributed by atoms with Crippen LogP contribution in [-0.4, -0.2) is 61.2 Å². The van der Waals surface area contributed by atoms with Crippen LogP contribution in [0.25, 0.3) is 0 Å². The van der Waals surface area contributed by atoms with Gasteiger partial charge in [0.25, 0.3) is 0 Å². The van der Waals surface area contributed by atoms with E-state index < -0.39 is 0 Å². The molecule has 1 heterocycles. The molecule has 0 aromatic rings. The van der Waals surface area contributed by atoms with Crippen molar-refractivity contribution in [3.63, 3.8) is 0 Å². The molecular weight excluding hydrogens is 210 g/mol. The Morgan fingerprint density at radius 1 is 1.18 bits per heavy atom. The third-order valence-electron chi connectivity index (χ3n) is 4.69. The van der Waals surface area contributed by atoms with Crippen LogP contribution in [0, 0.1) is 0 Å². The first-order valence-corrected chi connectivity index (χ1v) is 7.42. The molecule has 0 aromatic carbocycles. The molecule has 0 bridgehead atoms. The first-order chi connectivity index (χ1) is 8.24. The zero-order valence-electron chi connectivity index (χ0n) is 11.8. The number of nitrogens with zero attached hydrogens (tertiary/aromatic N) is 2. The molecule has 0 radical (unpaired) electrons. The van der Waals surface area contributed by atoms with Crippen molar-refractivity contribution < 1.29 is 0 Å². The van der Waals surface area contributed by atoms with Crippen molar-refractivity contribution >= 4 is 0 Å². The van der Waals surface area contributed by atoms with Gasteiger partial charge in [0.15, 0.2) is 0 Å². The molecule has 17 heavy (non-hydrogen) atoms. The largest absolute Gasteiger partial charge is 0.314 e. The molecule has 0 amide bonds. The molecule has 0 spiro atoms. The van der Waals surface area contributed by atoms with Crippen molar-refractivity contribution in [2.24, 2.45) is 0 Å². The molecular formula is C14H29N3. The minimum absolute atomic E-state index is 0.780. The Labute approximate surface area is 107 Å². The molecule has 1 aliphatic heterocycles. The fourth-order valence-corrected chi connectivity index (χ4v) is 3.51. The molecule has 3 nitrogen and oxygen atoms in total. The molecule has 1 aliphatic carbocycles. The van der Waals surface area contributed by atoms with Gasteiger partial charge in [-0.1, -0.05) is 13.8 Å². The van der Waals surface area contributed by atoms with E-state index in [9.17, 15) is 0 Å². The Kier molecular flexibility index (Phi) is 4.83. The maximum Gasteiger partial charge on any atom is 0.0218 e. The molecule has 2 rings (SSSR count). The Morgan fingerprint density at radius 3 is 2.71 bits per heavy atom. The van der Waals surface area contributed by atoms with Gasteiger partial charge in [0, 0.05) is 37.8 Å². The molecule has 1 saturated carbocycles. The van der Waals surface area contributed by atoms with Crippen molar-refractivity contribution in [2.75, 3.05) is 33.2 Å². The molecule has 100 valence electrons.